The van der Waals surface area contributed by atoms with E-state index in [1.165, 1.54) is 0 Å². The number of amides is 1. The number of hydrogen-bond donors (Lipinski definition) is 0. The first kappa shape index (κ1) is 18.8. The van der Waals surface area contributed by atoms with Crippen molar-refractivity contribution in [2.45, 2.75) is 18.4 Å². The lowest BCUT2D eigenvalue weighted by Crippen LogP contribution is -2.27. The Bertz CT molecular complexity index is 863. The molecule has 1 heterocycles. The molecule has 2 atom stereocenters. The van der Waals surface area contributed by atoms with Crippen LogP contribution in [0, 0.1) is 0 Å². The first-order valence-electron chi connectivity index (χ1n) is 8.49. The number of fused-ring (bicyclic) bond motifs is 1. The summed E-state index contributed by atoms with van der Waals surface area (Å²) < 4.78 is 0. The summed E-state index contributed by atoms with van der Waals surface area (Å²) in [6.45, 7) is 3.91. The Morgan fingerprint density at radius 2 is 1.92 bits per heavy atom. The molecule has 1 aliphatic heterocycles. The Morgan fingerprint density at radius 3 is 2.54 bits per heavy atom. The number of likely N-dealkylation sites (N-methyl/N-ethyl adjacent to an activating group) is 1. The number of rotatable bonds is 5. The van der Waals surface area contributed by atoms with Gasteiger partial charge in [0.15, 0.2) is 0 Å². The van der Waals surface area contributed by atoms with E-state index < -0.39 is 0 Å². The highest BCUT2D eigenvalue weighted by atomic mass is 35.5. The lowest BCUT2D eigenvalue weighted by molar-refractivity contribution is 0.0755. The van der Waals surface area contributed by atoms with Crippen molar-refractivity contribution in [3.05, 3.63) is 75.8 Å². The summed E-state index contributed by atoms with van der Waals surface area (Å²) in [5.74, 6) is 0.102. The number of hydrogen-bond acceptors (Lipinski definition) is 2. The number of anilines is 1. The first-order valence-corrected chi connectivity index (χ1v) is 9.25. The number of carbonyl (C=O) groups is 1. The number of allylic oxidation sites excluding steroid dienone is 1. The molecule has 2 unspecified atom stereocenters. The highest BCUT2D eigenvalue weighted by Crippen LogP contribution is 2.45. The molecule has 26 heavy (non-hydrogen) atoms. The lowest BCUT2D eigenvalue weighted by atomic mass is 9.84. The van der Waals surface area contributed by atoms with Gasteiger partial charge in [-0.15, -0.1) is 6.58 Å². The summed E-state index contributed by atoms with van der Waals surface area (Å²) >= 11 is 12.3. The van der Waals surface area contributed by atoms with Gasteiger partial charge < -0.3 is 9.80 Å². The zero-order chi connectivity index (χ0) is 19.0. The lowest BCUT2D eigenvalue weighted by Gasteiger charge is -2.30. The fourth-order valence-electron chi connectivity index (χ4n) is 3.65. The third-order valence-electron chi connectivity index (χ3n) is 5.01. The molecule has 136 valence electrons. The summed E-state index contributed by atoms with van der Waals surface area (Å²) in [4.78, 5) is 16.7. The van der Waals surface area contributed by atoms with E-state index in [1.54, 1.807) is 0 Å². The zero-order valence-corrected chi connectivity index (χ0v) is 16.7. The Kier molecular flexibility index (Phi) is 5.31. The molecule has 0 fully saturated rings. The smallest absolute Gasteiger partial charge is 0.254 e. The number of carbonyl (C=O) groups excluding carboxylic acids is 1. The third-order valence-corrected chi connectivity index (χ3v) is 5.75. The van der Waals surface area contributed by atoms with Crippen LogP contribution in [0.1, 0.15) is 39.9 Å². The molecule has 0 saturated carbocycles. The molecular formula is C21H22Cl2N2O. The van der Waals surface area contributed by atoms with Crippen LogP contribution in [0.15, 0.2) is 49.1 Å². The first-order chi connectivity index (χ1) is 12.3. The van der Waals surface area contributed by atoms with Gasteiger partial charge in [0.2, 0.25) is 0 Å². The summed E-state index contributed by atoms with van der Waals surface area (Å²) in [6, 6.07) is 11.7. The monoisotopic (exact) mass is 388 g/mol. The second kappa shape index (κ2) is 7.34. The molecule has 3 nitrogen and oxygen atoms in total. The highest BCUT2D eigenvalue weighted by molar-refractivity contribution is 6.42. The van der Waals surface area contributed by atoms with Crippen molar-refractivity contribution in [3.8, 4) is 0 Å². The predicted octanol–water partition coefficient (Wildman–Crippen LogP) is 5.55. The summed E-state index contributed by atoms with van der Waals surface area (Å²) in [5.41, 5.74) is 3.87. The molecule has 2 aromatic carbocycles. The normalized spacial score (nSPS) is 17.2. The standard InChI is InChI=1S/C21H22Cl2N2O/c1-5-6-15(13-7-10-18(22)19(23)11-13)20-16-9-8-14(24(2)3)12-17(16)21(26)25(20)4/h5,7-12,15,20H,1,6H2,2-4H3. The van der Waals surface area contributed by atoms with Crippen LogP contribution in [0.5, 0.6) is 0 Å². The maximum Gasteiger partial charge on any atom is 0.254 e. The van der Waals surface area contributed by atoms with Gasteiger partial charge in [-0.3, -0.25) is 4.79 Å². The largest absolute Gasteiger partial charge is 0.378 e. The molecule has 1 aliphatic rings. The zero-order valence-electron chi connectivity index (χ0n) is 15.2. The van der Waals surface area contributed by atoms with Crippen molar-refractivity contribution < 1.29 is 4.79 Å². The van der Waals surface area contributed by atoms with Gasteiger partial charge >= 0.3 is 0 Å². The van der Waals surface area contributed by atoms with E-state index in [1.807, 2.05) is 61.3 Å². The Balaban J connectivity index is 2.09. The minimum atomic E-state index is -0.0658. The van der Waals surface area contributed by atoms with Gasteiger partial charge in [-0.25, -0.2) is 0 Å². The van der Waals surface area contributed by atoms with Crippen molar-refractivity contribution in [2.24, 2.45) is 0 Å². The molecule has 0 radical (unpaired) electrons. The van der Waals surface area contributed by atoms with Gasteiger partial charge in [0.1, 0.15) is 0 Å². The summed E-state index contributed by atoms with van der Waals surface area (Å²) in [6.07, 6.45) is 2.62. The fourth-order valence-corrected chi connectivity index (χ4v) is 3.95. The molecule has 0 bridgehead atoms. The van der Waals surface area contributed by atoms with Crippen LogP contribution in [0.25, 0.3) is 0 Å². The van der Waals surface area contributed by atoms with Crippen LogP contribution in [0.3, 0.4) is 0 Å². The van der Waals surface area contributed by atoms with E-state index >= 15 is 0 Å². The molecule has 0 aromatic heterocycles. The van der Waals surface area contributed by atoms with Crippen LogP contribution < -0.4 is 4.90 Å². The summed E-state index contributed by atoms with van der Waals surface area (Å²) in [5, 5.41) is 1.05. The fraction of sp³-hybridized carbons (Fsp3) is 0.286. The topological polar surface area (TPSA) is 23.6 Å². The second-order valence-electron chi connectivity index (χ2n) is 6.83. The van der Waals surface area contributed by atoms with Gasteiger partial charge in [0.05, 0.1) is 16.1 Å². The Morgan fingerprint density at radius 1 is 1.19 bits per heavy atom. The van der Waals surface area contributed by atoms with Gasteiger partial charge in [0, 0.05) is 38.3 Å². The minimum absolute atomic E-state index is 0.0443. The Labute approximate surface area is 164 Å². The maximum absolute atomic E-state index is 12.9. The van der Waals surface area contributed by atoms with Gasteiger partial charge in [0.25, 0.3) is 5.91 Å². The van der Waals surface area contributed by atoms with E-state index in [9.17, 15) is 4.79 Å². The van der Waals surface area contributed by atoms with Crippen LogP contribution in [-0.4, -0.2) is 32.0 Å². The van der Waals surface area contributed by atoms with Gasteiger partial charge in [-0.2, -0.15) is 0 Å². The number of benzene rings is 2. The highest BCUT2D eigenvalue weighted by Gasteiger charge is 2.39. The van der Waals surface area contributed by atoms with Crippen molar-refractivity contribution >= 4 is 34.8 Å². The Hall–Kier alpha value is -1.97. The average molecular weight is 389 g/mol. The number of nitrogens with zero attached hydrogens (tertiary/aromatic N) is 2. The molecule has 3 rings (SSSR count). The molecule has 1 amide bonds. The van der Waals surface area contributed by atoms with E-state index in [2.05, 4.69) is 18.7 Å². The SMILES string of the molecule is C=CCC(c1ccc(Cl)c(Cl)c1)C1c2ccc(N(C)C)cc2C(=O)N1C. The van der Waals surface area contributed by atoms with Gasteiger partial charge in [-0.05, 0) is 41.8 Å². The molecule has 0 saturated heterocycles. The van der Waals surface area contributed by atoms with Crippen molar-refractivity contribution in [3.63, 3.8) is 0 Å². The molecule has 0 N–H and O–H groups in total. The van der Waals surface area contributed by atoms with Crippen LogP contribution in [-0.2, 0) is 0 Å². The predicted molar refractivity (Wildman–Crippen MR) is 110 cm³/mol. The van der Waals surface area contributed by atoms with E-state index in [0.717, 1.165) is 28.8 Å². The van der Waals surface area contributed by atoms with Gasteiger partial charge in [-0.1, -0.05) is 41.4 Å². The van der Waals surface area contributed by atoms with Crippen LogP contribution in [0.4, 0.5) is 5.69 Å². The molecular weight excluding hydrogens is 367 g/mol. The van der Waals surface area contributed by atoms with E-state index in [-0.39, 0.29) is 17.9 Å². The maximum atomic E-state index is 12.9. The molecule has 5 heteroatoms. The van der Waals surface area contributed by atoms with Crippen molar-refractivity contribution in [1.82, 2.24) is 4.90 Å². The third kappa shape index (κ3) is 3.22. The molecule has 0 aliphatic carbocycles. The van der Waals surface area contributed by atoms with Crippen molar-refractivity contribution in [1.29, 1.82) is 0 Å². The molecule has 2 aromatic rings. The quantitative estimate of drug-likeness (QED) is 0.627. The average Bonchev–Trinajstić information content (AvgIpc) is 2.86. The van der Waals surface area contributed by atoms with Crippen LogP contribution in [0.2, 0.25) is 10.0 Å². The number of halogens is 2. The van der Waals surface area contributed by atoms with Crippen LogP contribution >= 0.6 is 23.2 Å². The minimum Gasteiger partial charge on any atom is -0.378 e. The molecule has 0 spiro atoms. The summed E-state index contributed by atoms with van der Waals surface area (Å²) in [7, 11) is 5.80. The van der Waals surface area contributed by atoms with E-state index in [4.69, 9.17) is 23.2 Å². The van der Waals surface area contributed by atoms with Crippen molar-refractivity contribution in [2.75, 3.05) is 26.0 Å². The van der Waals surface area contributed by atoms with E-state index in [0.29, 0.717) is 10.0 Å². The second-order valence-corrected chi connectivity index (χ2v) is 7.65.